The zero-order chi connectivity index (χ0) is 24.5. The number of H-pyrrole nitrogens is 1. The SMILES string of the molecule is COc1cc([C@@H]2c3c(-c4ccccc4O)n[nH]c3C(=O)N2Cc2ccco2)ccc1OCC(C)C. The molecule has 2 aromatic carbocycles. The van der Waals surface area contributed by atoms with Gasteiger partial charge in [-0.15, -0.1) is 0 Å². The van der Waals surface area contributed by atoms with Crippen molar-refractivity contribution in [2.45, 2.75) is 26.4 Å². The van der Waals surface area contributed by atoms with E-state index in [1.807, 2.05) is 30.3 Å². The van der Waals surface area contributed by atoms with Crippen LogP contribution in [0.3, 0.4) is 0 Å². The van der Waals surface area contributed by atoms with Gasteiger partial charge in [0.1, 0.15) is 22.9 Å². The number of amides is 1. The highest BCUT2D eigenvalue weighted by Crippen LogP contribution is 2.46. The number of phenolic OH excluding ortho intramolecular Hbond substituents is 1. The van der Waals surface area contributed by atoms with Crippen molar-refractivity contribution in [2.24, 2.45) is 5.92 Å². The second-order valence-electron chi connectivity index (χ2n) is 8.91. The summed E-state index contributed by atoms with van der Waals surface area (Å²) in [5, 5.41) is 17.9. The number of aromatic nitrogens is 2. The van der Waals surface area contributed by atoms with Crippen LogP contribution in [0.25, 0.3) is 11.3 Å². The van der Waals surface area contributed by atoms with E-state index < -0.39 is 6.04 Å². The molecule has 1 atom stereocenters. The molecule has 180 valence electrons. The van der Waals surface area contributed by atoms with Gasteiger partial charge in [-0.25, -0.2) is 0 Å². The lowest BCUT2D eigenvalue weighted by Crippen LogP contribution is -2.29. The molecule has 0 radical (unpaired) electrons. The predicted molar refractivity (Wildman–Crippen MR) is 129 cm³/mol. The highest BCUT2D eigenvalue weighted by atomic mass is 16.5. The molecule has 2 N–H and O–H groups in total. The first-order valence-electron chi connectivity index (χ1n) is 11.5. The van der Waals surface area contributed by atoms with Gasteiger partial charge < -0.3 is 23.9 Å². The average molecular weight is 474 g/mol. The second kappa shape index (κ2) is 9.21. The number of nitrogens with zero attached hydrogens (tertiary/aromatic N) is 2. The molecule has 0 saturated heterocycles. The maximum absolute atomic E-state index is 13.5. The van der Waals surface area contributed by atoms with E-state index in [1.54, 1.807) is 42.5 Å². The Morgan fingerprint density at radius 1 is 1.14 bits per heavy atom. The molecule has 8 heteroatoms. The maximum atomic E-state index is 13.5. The Morgan fingerprint density at radius 2 is 1.97 bits per heavy atom. The molecule has 5 rings (SSSR count). The number of benzene rings is 2. The molecule has 8 nitrogen and oxygen atoms in total. The highest BCUT2D eigenvalue weighted by molar-refractivity contribution is 6.00. The van der Waals surface area contributed by atoms with Crippen LogP contribution < -0.4 is 9.47 Å². The number of aromatic amines is 1. The third kappa shape index (κ3) is 4.12. The number of para-hydroxylation sites is 1. The summed E-state index contributed by atoms with van der Waals surface area (Å²) in [7, 11) is 1.60. The van der Waals surface area contributed by atoms with Crippen molar-refractivity contribution in [1.82, 2.24) is 15.1 Å². The van der Waals surface area contributed by atoms with Crippen molar-refractivity contribution in [1.29, 1.82) is 0 Å². The summed E-state index contributed by atoms with van der Waals surface area (Å²) in [6.45, 7) is 5.00. The van der Waals surface area contributed by atoms with Gasteiger partial charge in [0.05, 0.1) is 32.6 Å². The van der Waals surface area contributed by atoms with Crippen LogP contribution in [-0.4, -0.2) is 39.8 Å². The number of hydrogen-bond acceptors (Lipinski definition) is 6. The van der Waals surface area contributed by atoms with Crippen molar-refractivity contribution < 1.29 is 23.8 Å². The summed E-state index contributed by atoms with van der Waals surface area (Å²) >= 11 is 0. The fourth-order valence-electron chi connectivity index (χ4n) is 4.39. The number of hydrogen-bond donors (Lipinski definition) is 2. The van der Waals surface area contributed by atoms with Gasteiger partial charge in [-0.2, -0.15) is 5.10 Å². The lowest BCUT2D eigenvalue weighted by molar-refractivity contribution is 0.0716. The number of furan rings is 1. The first-order chi connectivity index (χ1) is 17.0. The van der Waals surface area contributed by atoms with Gasteiger partial charge in [-0.1, -0.05) is 32.0 Å². The van der Waals surface area contributed by atoms with Crippen LogP contribution in [0.5, 0.6) is 17.2 Å². The largest absolute Gasteiger partial charge is 0.507 e. The topological polar surface area (TPSA) is 101 Å². The van der Waals surface area contributed by atoms with E-state index in [9.17, 15) is 9.90 Å². The zero-order valence-electron chi connectivity index (χ0n) is 19.8. The van der Waals surface area contributed by atoms with Crippen molar-refractivity contribution in [3.63, 3.8) is 0 Å². The lowest BCUT2D eigenvalue weighted by atomic mass is 9.95. The van der Waals surface area contributed by atoms with E-state index in [0.29, 0.717) is 52.3 Å². The van der Waals surface area contributed by atoms with Gasteiger partial charge in [0, 0.05) is 11.1 Å². The standard InChI is InChI=1S/C27H27N3O5/c1-16(2)15-35-21-11-10-17(13-22(21)33-3)26-23-24(19-8-4-5-9-20(19)31)28-29-25(23)27(32)30(26)14-18-7-6-12-34-18/h4-13,16,26,31H,14-15H2,1-3H3,(H,28,29)/t26-/m1/s1. The minimum absolute atomic E-state index is 0.0903. The van der Waals surface area contributed by atoms with Gasteiger partial charge in [0.25, 0.3) is 5.91 Å². The lowest BCUT2D eigenvalue weighted by Gasteiger charge is -2.26. The molecule has 1 aliphatic rings. The molecule has 1 aliphatic heterocycles. The molecule has 2 aromatic heterocycles. The predicted octanol–water partition coefficient (Wildman–Crippen LogP) is 5.16. The van der Waals surface area contributed by atoms with Crippen molar-refractivity contribution >= 4 is 5.91 Å². The van der Waals surface area contributed by atoms with E-state index in [1.165, 1.54) is 0 Å². The van der Waals surface area contributed by atoms with E-state index in [-0.39, 0.29) is 18.2 Å². The molecule has 0 bridgehead atoms. The average Bonchev–Trinajstić information content (AvgIpc) is 3.58. The van der Waals surface area contributed by atoms with Crippen molar-refractivity contribution in [3.05, 3.63) is 83.4 Å². The van der Waals surface area contributed by atoms with Crippen LogP contribution in [0.4, 0.5) is 0 Å². The Labute approximate surface area is 203 Å². The molecule has 35 heavy (non-hydrogen) atoms. The van der Waals surface area contributed by atoms with Crippen LogP contribution in [0.2, 0.25) is 0 Å². The molecule has 0 unspecified atom stereocenters. The Bertz CT molecular complexity index is 1340. The van der Waals surface area contributed by atoms with Crippen LogP contribution in [0, 0.1) is 5.92 Å². The van der Waals surface area contributed by atoms with Gasteiger partial charge in [0.2, 0.25) is 0 Å². The summed E-state index contributed by atoms with van der Waals surface area (Å²) in [5.74, 6) is 2.14. The number of phenols is 1. The molecular weight excluding hydrogens is 446 g/mol. The van der Waals surface area contributed by atoms with E-state index >= 15 is 0 Å². The monoisotopic (exact) mass is 473 g/mol. The van der Waals surface area contributed by atoms with Crippen molar-refractivity contribution in [2.75, 3.05) is 13.7 Å². The van der Waals surface area contributed by atoms with Crippen LogP contribution >= 0.6 is 0 Å². The van der Waals surface area contributed by atoms with Gasteiger partial charge in [-0.3, -0.25) is 9.89 Å². The zero-order valence-corrected chi connectivity index (χ0v) is 19.8. The summed E-state index contributed by atoms with van der Waals surface area (Å²) in [6.07, 6.45) is 1.59. The minimum Gasteiger partial charge on any atom is -0.507 e. The third-order valence-electron chi connectivity index (χ3n) is 6.00. The summed E-state index contributed by atoms with van der Waals surface area (Å²) in [6, 6.07) is 15.8. The summed E-state index contributed by atoms with van der Waals surface area (Å²) < 4.78 is 17.1. The third-order valence-corrected chi connectivity index (χ3v) is 6.00. The quantitative estimate of drug-likeness (QED) is 0.366. The molecule has 0 saturated carbocycles. The van der Waals surface area contributed by atoms with Gasteiger partial charge >= 0.3 is 0 Å². The van der Waals surface area contributed by atoms with Crippen LogP contribution in [-0.2, 0) is 6.54 Å². The smallest absolute Gasteiger partial charge is 0.273 e. The molecule has 0 aliphatic carbocycles. The Kier molecular flexibility index (Phi) is 5.94. The molecule has 1 amide bonds. The number of carbonyl (C=O) groups excluding carboxylic acids is 1. The molecular formula is C27H27N3O5. The molecule has 4 aromatic rings. The highest BCUT2D eigenvalue weighted by Gasteiger charge is 2.43. The van der Waals surface area contributed by atoms with Gasteiger partial charge in [0.15, 0.2) is 11.5 Å². The number of fused-ring (bicyclic) bond motifs is 1. The maximum Gasteiger partial charge on any atom is 0.273 e. The first kappa shape index (κ1) is 22.6. The normalized spacial score (nSPS) is 15.0. The summed E-state index contributed by atoms with van der Waals surface area (Å²) in [5.41, 5.74) is 2.99. The van der Waals surface area contributed by atoms with Crippen LogP contribution in [0.15, 0.2) is 65.3 Å². The Hall–Kier alpha value is -4.20. The number of aromatic hydroxyl groups is 1. The molecule has 0 fully saturated rings. The first-order valence-corrected chi connectivity index (χ1v) is 11.5. The Balaban J connectivity index is 1.63. The van der Waals surface area contributed by atoms with E-state index in [4.69, 9.17) is 13.9 Å². The fourth-order valence-corrected chi connectivity index (χ4v) is 4.39. The molecule has 0 spiro atoms. The second-order valence-corrected chi connectivity index (χ2v) is 8.91. The Morgan fingerprint density at radius 3 is 2.69 bits per heavy atom. The number of carbonyl (C=O) groups is 1. The fraction of sp³-hybridized carbons (Fsp3) is 0.259. The minimum atomic E-state index is -0.482. The summed E-state index contributed by atoms with van der Waals surface area (Å²) in [4.78, 5) is 15.3. The number of methoxy groups -OCH3 is 1. The van der Waals surface area contributed by atoms with Gasteiger partial charge in [-0.05, 0) is 47.9 Å². The number of nitrogens with one attached hydrogen (secondary N) is 1. The van der Waals surface area contributed by atoms with Crippen molar-refractivity contribution in [3.8, 4) is 28.5 Å². The van der Waals surface area contributed by atoms with E-state index in [2.05, 4.69) is 24.0 Å². The molecule has 3 heterocycles. The van der Waals surface area contributed by atoms with Crippen LogP contribution in [0.1, 0.15) is 47.3 Å². The number of rotatable bonds is 8. The van der Waals surface area contributed by atoms with E-state index in [0.717, 1.165) is 5.56 Å². The number of ether oxygens (including phenoxy) is 2.